The molecule has 168 valence electrons. The number of ketones is 1. The smallest absolute Gasteiger partial charge is 0.234 e. The molecule has 0 bridgehead atoms. The largest absolute Gasteiger partial charge is 0.296 e. The van der Waals surface area contributed by atoms with Crippen molar-refractivity contribution in [1.29, 1.82) is 0 Å². The summed E-state index contributed by atoms with van der Waals surface area (Å²) in [6, 6.07) is 13.2. The van der Waals surface area contributed by atoms with Crippen molar-refractivity contribution in [3.63, 3.8) is 0 Å². The molecule has 1 atom stereocenters. The number of nitrogens with one attached hydrogen (secondary N) is 1. The van der Waals surface area contributed by atoms with Gasteiger partial charge in [0.05, 0.1) is 6.04 Å². The van der Waals surface area contributed by atoms with Crippen molar-refractivity contribution in [3.05, 3.63) is 80.9 Å². The lowest BCUT2D eigenvalue weighted by Gasteiger charge is -2.14. The van der Waals surface area contributed by atoms with E-state index in [-0.39, 0.29) is 25.2 Å². The molecule has 0 radical (unpaired) electrons. The maximum absolute atomic E-state index is 12.6. The highest BCUT2D eigenvalue weighted by Crippen LogP contribution is 2.25. The van der Waals surface area contributed by atoms with Gasteiger partial charge < -0.3 is 0 Å². The molecule has 0 aliphatic rings. The Morgan fingerprint density at radius 2 is 1.81 bits per heavy atom. The van der Waals surface area contributed by atoms with Crippen LogP contribution in [0.3, 0.4) is 0 Å². The molecule has 32 heavy (non-hydrogen) atoms. The molecule has 0 amide bonds. The zero-order valence-electron chi connectivity index (χ0n) is 17.1. The first-order chi connectivity index (χ1) is 15.3. The molecule has 2 aromatic carbocycles. The molecule has 11 heteroatoms. The average Bonchev–Trinajstić information content (AvgIpc) is 3.21. The summed E-state index contributed by atoms with van der Waals surface area (Å²) in [5.74, 6) is -0.0452. The van der Waals surface area contributed by atoms with Crippen LogP contribution in [-0.2, 0) is 27.8 Å². The van der Waals surface area contributed by atoms with Crippen LogP contribution in [-0.4, -0.2) is 40.5 Å². The van der Waals surface area contributed by atoms with E-state index in [1.165, 1.54) is 6.08 Å². The van der Waals surface area contributed by atoms with Crippen LogP contribution in [0.1, 0.15) is 30.3 Å². The van der Waals surface area contributed by atoms with Crippen LogP contribution < -0.4 is 4.72 Å². The third-order valence-corrected chi connectivity index (χ3v) is 6.35. The SMILES string of the molecule is CCC(NS(=O)(=O)/C=C/c1ccccc1)C(=O)Cn1nnc(Cc2c(Cl)cccc2Cl)n1. The van der Waals surface area contributed by atoms with Gasteiger partial charge >= 0.3 is 0 Å². The van der Waals surface area contributed by atoms with E-state index in [0.717, 1.165) is 15.8 Å². The maximum atomic E-state index is 12.6. The van der Waals surface area contributed by atoms with Crippen molar-refractivity contribution in [2.75, 3.05) is 0 Å². The van der Waals surface area contributed by atoms with Crippen LogP contribution in [0.2, 0.25) is 10.0 Å². The summed E-state index contributed by atoms with van der Waals surface area (Å²) in [7, 11) is -3.82. The summed E-state index contributed by atoms with van der Waals surface area (Å²) in [6.07, 6.45) is 1.99. The molecule has 0 aliphatic carbocycles. The number of tetrazole rings is 1. The first kappa shape index (κ1) is 24.1. The van der Waals surface area contributed by atoms with E-state index in [4.69, 9.17) is 23.2 Å². The number of carbonyl (C=O) groups is 1. The Balaban J connectivity index is 1.63. The Hall–Kier alpha value is -2.59. The normalized spacial score (nSPS) is 12.8. The summed E-state index contributed by atoms with van der Waals surface area (Å²) < 4.78 is 27.2. The van der Waals surface area contributed by atoms with Gasteiger partial charge in [-0.1, -0.05) is 66.5 Å². The van der Waals surface area contributed by atoms with E-state index >= 15 is 0 Å². The standard InChI is InChI=1S/C21H21Cl2N5O3S/c1-2-19(26-32(30,31)12-11-15-7-4-3-5-8-15)20(29)14-28-25-21(24-27-28)13-16-17(22)9-6-10-18(16)23/h3-12,19,26H,2,13-14H2,1H3/b12-11+. The van der Waals surface area contributed by atoms with Gasteiger partial charge in [-0.25, -0.2) is 13.1 Å². The second-order valence-electron chi connectivity index (χ2n) is 6.92. The minimum Gasteiger partial charge on any atom is -0.296 e. The van der Waals surface area contributed by atoms with E-state index in [0.29, 0.717) is 21.4 Å². The Kier molecular flexibility index (Phi) is 8.14. The average molecular weight is 494 g/mol. The molecule has 0 saturated carbocycles. The van der Waals surface area contributed by atoms with Crippen molar-refractivity contribution in [2.45, 2.75) is 32.4 Å². The van der Waals surface area contributed by atoms with Crippen molar-refractivity contribution in [1.82, 2.24) is 24.9 Å². The fourth-order valence-electron chi connectivity index (χ4n) is 2.87. The number of nitrogens with zero attached hydrogens (tertiary/aromatic N) is 4. The lowest BCUT2D eigenvalue weighted by atomic mass is 10.1. The zero-order valence-corrected chi connectivity index (χ0v) is 19.5. The predicted octanol–water partition coefficient (Wildman–Crippen LogP) is 3.51. The van der Waals surface area contributed by atoms with Crippen LogP contribution in [0.15, 0.2) is 53.9 Å². The van der Waals surface area contributed by atoms with Crippen LogP contribution in [0.25, 0.3) is 6.08 Å². The highest BCUT2D eigenvalue weighted by Gasteiger charge is 2.22. The number of halogens is 2. The minimum atomic E-state index is -3.82. The second-order valence-corrected chi connectivity index (χ2v) is 9.33. The fourth-order valence-corrected chi connectivity index (χ4v) is 4.51. The molecule has 3 rings (SSSR count). The van der Waals surface area contributed by atoms with Gasteiger partial charge in [-0.05, 0) is 41.0 Å². The lowest BCUT2D eigenvalue weighted by molar-refractivity contribution is -0.121. The summed E-state index contributed by atoms with van der Waals surface area (Å²) >= 11 is 12.3. The molecule has 0 fully saturated rings. The third kappa shape index (κ3) is 6.70. The van der Waals surface area contributed by atoms with Gasteiger partial charge in [0.15, 0.2) is 11.6 Å². The van der Waals surface area contributed by atoms with Crippen molar-refractivity contribution < 1.29 is 13.2 Å². The zero-order chi connectivity index (χ0) is 23.1. The van der Waals surface area contributed by atoms with Crippen molar-refractivity contribution in [2.24, 2.45) is 0 Å². The summed E-state index contributed by atoms with van der Waals surface area (Å²) in [6.45, 7) is 1.48. The number of aromatic nitrogens is 4. The van der Waals surface area contributed by atoms with Crippen molar-refractivity contribution >= 4 is 45.1 Å². The fraction of sp³-hybridized carbons (Fsp3) is 0.238. The molecule has 1 unspecified atom stereocenters. The topological polar surface area (TPSA) is 107 Å². The first-order valence-electron chi connectivity index (χ1n) is 9.75. The predicted molar refractivity (Wildman–Crippen MR) is 124 cm³/mol. The van der Waals surface area contributed by atoms with Gasteiger partial charge in [-0.3, -0.25) is 4.79 Å². The molecular weight excluding hydrogens is 473 g/mol. The molecule has 0 spiro atoms. The molecule has 3 aromatic rings. The monoisotopic (exact) mass is 493 g/mol. The number of hydrogen-bond acceptors (Lipinski definition) is 6. The number of sulfonamides is 1. The van der Waals surface area contributed by atoms with E-state index in [2.05, 4.69) is 20.1 Å². The van der Waals surface area contributed by atoms with Gasteiger partial charge in [0, 0.05) is 21.9 Å². The van der Waals surface area contributed by atoms with Crippen molar-refractivity contribution in [3.8, 4) is 0 Å². The Morgan fingerprint density at radius 1 is 1.12 bits per heavy atom. The Morgan fingerprint density at radius 3 is 2.47 bits per heavy atom. The van der Waals surface area contributed by atoms with E-state index < -0.39 is 16.1 Å². The minimum absolute atomic E-state index is 0.229. The molecule has 1 N–H and O–H groups in total. The molecule has 1 heterocycles. The number of hydrogen-bond donors (Lipinski definition) is 1. The summed E-state index contributed by atoms with van der Waals surface area (Å²) in [5, 5.41) is 14.0. The Labute approximate surface area is 196 Å². The van der Waals surface area contributed by atoms with Crippen LogP contribution in [0, 0.1) is 0 Å². The van der Waals surface area contributed by atoms with Gasteiger partial charge in [-0.2, -0.15) is 4.80 Å². The van der Waals surface area contributed by atoms with Gasteiger partial charge in [0.25, 0.3) is 0 Å². The molecule has 0 saturated heterocycles. The summed E-state index contributed by atoms with van der Waals surface area (Å²) in [4.78, 5) is 13.8. The summed E-state index contributed by atoms with van der Waals surface area (Å²) in [5.41, 5.74) is 1.39. The van der Waals surface area contributed by atoms with Gasteiger partial charge in [0.1, 0.15) is 6.54 Å². The molecular formula is C21H21Cl2N5O3S. The number of carbonyl (C=O) groups excluding carboxylic acids is 1. The highest BCUT2D eigenvalue weighted by molar-refractivity contribution is 7.92. The van der Waals surface area contributed by atoms with Crippen LogP contribution >= 0.6 is 23.2 Å². The quantitative estimate of drug-likeness (QED) is 0.462. The molecule has 0 aliphatic heterocycles. The highest BCUT2D eigenvalue weighted by atomic mass is 35.5. The number of benzene rings is 2. The van der Waals surface area contributed by atoms with Crippen LogP contribution in [0.4, 0.5) is 0 Å². The number of Topliss-reactive ketones (excluding diaryl/α,β-unsaturated/α-hetero) is 1. The third-order valence-electron chi connectivity index (χ3n) is 4.53. The van der Waals surface area contributed by atoms with Crippen LogP contribution in [0.5, 0.6) is 0 Å². The van der Waals surface area contributed by atoms with E-state index in [1.54, 1.807) is 49.4 Å². The Bertz CT molecular complexity index is 1190. The molecule has 8 nitrogen and oxygen atoms in total. The van der Waals surface area contributed by atoms with Gasteiger partial charge in [0.2, 0.25) is 10.0 Å². The second kappa shape index (κ2) is 10.8. The van der Waals surface area contributed by atoms with Gasteiger partial charge in [-0.15, -0.1) is 10.2 Å². The molecule has 1 aromatic heterocycles. The first-order valence-corrected chi connectivity index (χ1v) is 12.1. The maximum Gasteiger partial charge on any atom is 0.234 e. The van der Waals surface area contributed by atoms with E-state index in [1.807, 2.05) is 6.07 Å². The van der Waals surface area contributed by atoms with E-state index in [9.17, 15) is 13.2 Å². The number of rotatable bonds is 10. The lowest BCUT2D eigenvalue weighted by Crippen LogP contribution is -2.41.